The fourth-order valence-electron chi connectivity index (χ4n) is 2.44. The minimum absolute atomic E-state index is 0.0580. The summed E-state index contributed by atoms with van der Waals surface area (Å²) in [6.07, 6.45) is 0. The molecule has 0 bridgehead atoms. The van der Waals surface area contributed by atoms with Crippen molar-refractivity contribution in [1.29, 1.82) is 0 Å². The summed E-state index contributed by atoms with van der Waals surface area (Å²) in [5.74, 6) is -0.474. The summed E-state index contributed by atoms with van der Waals surface area (Å²) < 4.78 is 0. The van der Waals surface area contributed by atoms with Gasteiger partial charge >= 0.3 is 0 Å². The number of aryl methyl sites for hydroxylation is 2. The van der Waals surface area contributed by atoms with Crippen LogP contribution in [0.25, 0.3) is 0 Å². The Morgan fingerprint density at radius 3 is 2.32 bits per heavy atom. The highest BCUT2D eigenvalue weighted by Crippen LogP contribution is 2.19. The van der Waals surface area contributed by atoms with Crippen molar-refractivity contribution < 1.29 is 9.59 Å². The molecule has 0 aliphatic rings. The highest BCUT2D eigenvalue weighted by molar-refractivity contribution is 6.04. The molecule has 0 spiro atoms. The lowest BCUT2D eigenvalue weighted by Crippen LogP contribution is -2.32. The quantitative estimate of drug-likeness (QED) is 0.756. The molecule has 2 rings (SSSR count). The number of benzene rings is 2. The second-order valence-electron chi connectivity index (χ2n) is 6.18. The van der Waals surface area contributed by atoms with Crippen molar-refractivity contribution in [2.24, 2.45) is 5.73 Å². The van der Waals surface area contributed by atoms with E-state index in [0.29, 0.717) is 24.3 Å². The Morgan fingerprint density at radius 2 is 1.72 bits per heavy atom. The summed E-state index contributed by atoms with van der Waals surface area (Å²) in [4.78, 5) is 24.3. The minimum atomic E-state index is -0.268. The normalized spacial score (nSPS) is 11.7. The molecule has 0 saturated heterocycles. The molecule has 0 aliphatic carbocycles. The number of carbonyl (C=O) groups is 2. The van der Waals surface area contributed by atoms with Crippen molar-refractivity contribution in [3.05, 3.63) is 64.7 Å². The Morgan fingerprint density at radius 1 is 1.04 bits per heavy atom. The minimum Gasteiger partial charge on any atom is -0.354 e. The Labute approximate surface area is 148 Å². The molecule has 0 aliphatic heterocycles. The van der Waals surface area contributed by atoms with Gasteiger partial charge in [-0.1, -0.05) is 18.2 Å². The number of rotatable bonds is 6. The Hall–Kier alpha value is -2.66. The van der Waals surface area contributed by atoms with Crippen molar-refractivity contribution >= 4 is 17.5 Å². The van der Waals surface area contributed by atoms with Crippen LogP contribution < -0.4 is 16.4 Å². The summed E-state index contributed by atoms with van der Waals surface area (Å²) in [6.45, 7) is 6.72. The van der Waals surface area contributed by atoms with Gasteiger partial charge in [0.1, 0.15) is 0 Å². The third-order valence-corrected chi connectivity index (χ3v) is 4.27. The molecular weight excluding hydrogens is 314 g/mol. The molecule has 1 unspecified atom stereocenters. The van der Waals surface area contributed by atoms with Crippen molar-refractivity contribution in [2.45, 2.75) is 26.7 Å². The summed E-state index contributed by atoms with van der Waals surface area (Å²) in [7, 11) is 0. The number of anilines is 1. The van der Waals surface area contributed by atoms with Gasteiger partial charge in [0.25, 0.3) is 5.91 Å². The van der Waals surface area contributed by atoms with E-state index in [1.165, 1.54) is 0 Å². The van der Waals surface area contributed by atoms with Crippen LogP contribution in [0, 0.1) is 13.8 Å². The van der Waals surface area contributed by atoms with Gasteiger partial charge in [-0.3, -0.25) is 9.59 Å². The van der Waals surface area contributed by atoms with Crippen LogP contribution >= 0.6 is 0 Å². The third kappa shape index (κ3) is 4.90. The zero-order valence-electron chi connectivity index (χ0n) is 14.9. The summed E-state index contributed by atoms with van der Waals surface area (Å²) in [5, 5.41) is 5.65. The van der Waals surface area contributed by atoms with Crippen LogP contribution in [0.2, 0.25) is 0 Å². The van der Waals surface area contributed by atoms with Gasteiger partial charge in [0.2, 0.25) is 5.91 Å². The van der Waals surface area contributed by atoms with E-state index in [1.807, 2.05) is 51.1 Å². The van der Waals surface area contributed by atoms with Gasteiger partial charge < -0.3 is 16.4 Å². The molecule has 2 amide bonds. The standard InChI is InChI=1S/C20H25N3O2/c1-13-4-5-17(12-14(13)2)20(25)23-18-8-6-16(7-9-18)15(3)19(24)22-11-10-21/h4-9,12,15H,10-11,21H2,1-3H3,(H,22,24)(H,23,25). The van der Waals surface area contributed by atoms with Gasteiger partial charge in [-0.25, -0.2) is 0 Å². The molecule has 25 heavy (non-hydrogen) atoms. The van der Waals surface area contributed by atoms with E-state index in [2.05, 4.69) is 10.6 Å². The fraction of sp³-hybridized carbons (Fsp3) is 0.300. The largest absolute Gasteiger partial charge is 0.354 e. The van der Waals surface area contributed by atoms with E-state index in [-0.39, 0.29) is 17.7 Å². The zero-order valence-corrected chi connectivity index (χ0v) is 14.9. The first kappa shape index (κ1) is 18.7. The molecule has 0 radical (unpaired) electrons. The molecular formula is C20H25N3O2. The van der Waals surface area contributed by atoms with Gasteiger partial charge in [0, 0.05) is 24.3 Å². The smallest absolute Gasteiger partial charge is 0.255 e. The monoisotopic (exact) mass is 339 g/mol. The highest BCUT2D eigenvalue weighted by atomic mass is 16.2. The number of nitrogens with one attached hydrogen (secondary N) is 2. The number of hydrogen-bond acceptors (Lipinski definition) is 3. The lowest BCUT2D eigenvalue weighted by molar-refractivity contribution is -0.122. The topological polar surface area (TPSA) is 84.2 Å². The molecule has 5 nitrogen and oxygen atoms in total. The van der Waals surface area contributed by atoms with E-state index in [9.17, 15) is 9.59 Å². The molecule has 2 aromatic rings. The maximum atomic E-state index is 12.3. The first-order valence-electron chi connectivity index (χ1n) is 8.38. The third-order valence-electron chi connectivity index (χ3n) is 4.27. The SMILES string of the molecule is Cc1ccc(C(=O)Nc2ccc(C(C)C(=O)NCCN)cc2)cc1C. The number of hydrogen-bond donors (Lipinski definition) is 3. The molecule has 2 aromatic carbocycles. The number of amides is 2. The highest BCUT2D eigenvalue weighted by Gasteiger charge is 2.14. The Bertz CT molecular complexity index is 754. The van der Waals surface area contributed by atoms with Crippen molar-refractivity contribution in [3.63, 3.8) is 0 Å². The molecule has 0 heterocycles. The summed E-state index contributed by atoms with van der Waals surface area (Å²) >= 11 is 0. The van der Waals surface area contributed by atoms with Gasteiger partial charge in [-0.2, -0.15) is 0 Å². The van der Waals surface area contributed by atoms with Crippen molar-refractivity contribution in [2.75, 3.05) is 18.4 Å². The molecule has 0 saturated carbocycles. The van der Waals surface area contributed by atoms with Gasteiger partial charge in [-0.15, -0.1) is 0 Å². The van der Waals surface area contributed by atoms with Crippen LogP contribution in [0.3, 0.4) is 0 Å². The summed E-state index contributed by atoms with van der Waals surface area (Å²) in [5.41, 5.74) is 9.84. The predicted molar refractivity (Wildman–Crippen MR) is 101 cm³/mol. The van der Waals surface area contributed by atoms with E-state index in [1.54, 1.807) is 12.1 Å². The van der Waals surface area contributed by atoms with Crippen molar-refractivity contribution in [1.82, 2.24) is 5.32 Å². The van der Waals surface area contributed by atoms with Crippen LogP contribution in [-0.2, 0) is 4.79 Å². The van der Waals surface area contributed by atoms with Crippen LogP contribution in [0.15, 0.2) is 42.5 Å². The van der Waals surface area contributed by atoms with E-state index in [4.69, 9.17) is 5.73 Å². The first-order valence-corrected chi connectivity index (χ1v) is 8.38. The number of carbonyl (C=O) groups excluding carboxylic acids is 2. The van der Waals surface area contributed by atoms with Gasteiger partial charge in [0.05, 0.1) is 5.92 Å². The molecule has 5 heteroatoms. The lowest BCUT2D eigenvalue weighted by atomic mass is 10.00. The maximum absolute atomic E-state index is 12.3. The fourth-order valence-corrected chi connectivity index (χ4v) is 2.44. The molecule has 0 aromatic heterocycles. The van der Waals surface area contributed by atoms with Crippen molar-refractivity contribution in [3.8, 4) is 0 Å². The van der Waals surface area contributed by atoms with Gasteiger partial charge in [-0.05, 0) is 61.7 Å². The van der Waals surface area contributed by atoms with Crippen LogP contribution in [-0.4, -0.2) is 24.9 Å². The average molecular weight is 339 g/mol. The number of nitrogens with two attached hydrogens (primary N) is 1. The van der Waals surface area contributed by atoms with Crippen LogP contribution in [0.4, 0.5) is 5.69 Å². The second kappa shape index (κ2) is 8.44. The molecule has 0 fully saturated rings. The zero-order chi connectivity index (χ0) is 18.4. The van der Waals surface area contributed by atoms with E-state index >= 15 is 0 Å². The average Bonchev–Trinajstić information content (AvgIpc) is 2.61. The maximum Gasteiger partial charge on any atom is 0.255 e. The van der Waals surface area contributed by atoms with Crippen LogP contribution in [0.1, 0.15) is 39.9 Å². The first-order chi connectivity index (χ1) is 11.9. The predicted octanol–water partition coefficient (Wildman–Crippen LogP) is 2.73. The summed E-state index contributed by atoms with van der Waals surface area (Å²) in [6, 6.07) is 12.9. The Kier molecular flexibility index (Phi) is 6.31. The Balaban J connectivity index is 2.03. The molecule has 1 atom stereocenters. The van der Waals surface area contributed by atoms with Gasteiger partial charge in [0.15, 0.2) is 0 Å². The van der Waals surface area contributed by atoms with E-state index < -0.39 is 0 Å². The lowest BCUT2D eigenvalue weighted by Gasteiger charge is -2.13. The molecule has 4 N–H and O–H groups in total. The van der Waals surface area contributed by atoms with Crippen LogP contribution in [0.5, 0.6) is 0 Å². The molecule has 132 valence electrons. The van der Waals surface area contributed by atoms with E-state index in [0.717, 1.165) is 16.7 Å². The second-order valence-corrected chi connectivity index (χ2v) is 6.18.